The van der Waals surface area contributed by atoms with Gasteiger partial charge in [-0.25, -0.2) is 0 Å². The van der Waals surface area contributed by atoms with Crippen molar-refractivity contribution in [1.29, 1.82) is 0 Å². The van der Waals surface area contributed by atoms with Crippen LogP contribution in [0.1, 0.15) is 66.2 Å². The second-order valence-electron chi connectivity index (χ2n) is 4.61. The van der Waals surface area contributed by atoms with Gasteiger partial charge in [0.05, 0.1) is 0 Å². The van der Waals surface area contributed by atoms with E-state index in [0.717, 1.165) is 0 Å². The van der Waals surface area contributed by atoms with Crippen LogP contribution in [0.5, 0.6) is 0 Å². The van der Waals surface area contributed by atoms with Crippen LogP contribution in [-0.4, -0.2) is 19.8 Å². The molecule has 0 saturated carbocycles. The van der Waals surface area contributed by atoms with Crippen molar-refractivity contribution >= 4 is 19.8 Å². The van der Waals surface area contributed by atoms with E-state index in [1.807, 2.05) is 0 Å². The zero-order valence-electron chi connectivity index (χ0n) is 9.90. The molecule has 0 saturated heterocycles. The van der Waals surface area contributed by atoms with Crippen LogP contribution in [-0.2, 0) is 0 Å². The van der Waals surface area contributed by atoms with Crippen molar-refractivity contribution in [2.24, 2.45) is 0 Å². The zero-order chi connectivity index (χ0) is 10.2. The van der Waals surface area contributed by atoms with E-state index in [1.165, 1.54) is 38.5 Å². The van der Waals surface area contributed by atoms with Gasteiger partial charge in [-0.1, -0.05) is 0 Å². The Morgan fingerprint density at radius 1 is 1.08 bits per heavy atom. The van der Waals surface area contributed by atoms with E-state index in [4.69, 9.17) is 0 Å². The molecular weight excluding hydrogens is 217 g/mol. The van der Waals surface area contributed by atoms with Gasteiger partial charge in [-0.05, 0) is 0 Å². The molecule has 0 aliphatic carbocycles. The monoisotopic (exact) mass is 244 g/mol. The molecule has 0 spiro atoms. The predicted octanol–water partition coefficient (Wildman–Crippen LogP) is 3.80. The first-order chi connectivity index (χ1) is 6.12. The molecule has 0 aromatic carbocycles. The Bertz CT molecular complexity index is 136. The molecule has 0 amide bonds. The van der Waals surface area contributed by atoms with Crippen molar-refractivity contribution in [2.45, 2.75) is 70.5 Å². The molecule has 0 bridgehead atoms. The van der Waals surface area contributed by atoms with Gasteiger partial charge in [0.15, 0.2) is 0 Å². The molecule has 0 atom stereocenters. The fourth-order valence-electron chi connectivity index (χ4n) is 1.53. The Balaban J connectivity index is 3.56. The molecule has 0 N–H and O–H groups in total. The predicted molar refractivity (Wildman–Crippen MR) is 66.3 cm³/mol. The van der Waals surface area contributed by atoms with E-state index in [2.05, 4.69) is 32.5 Å². The number of hydrogen-bond acceptors (Lipinski definition) is 0. The van der Waals surface area contributed by atoms with Crippen molar-refractivity contribution in [1.82, 2.24) is 0 Å². The summed E-state index contributed by atoms with van der Waals surface area (Å²) in [6.07, 6.45) is 8.44. The van der Waals surface area contributed by atoms with E-state index in [1.54, 1.807) is 0 Å². The Morgan fingerprint density at radius 3 is 2.31 bits per heavy atom. The summed E-state index contributed by atoms with van der Waals surface area (Å²) in [5.41, 5.74) is 0. The second kappa shape index (κ2) is 7.78. The van der Waals surface area contributed by atoms with Crippen LogP contribution >= 0.6 is 0 Å². The molecular formula is C12H26Ge. The van der Waals surface area contributed by atoms with E-state index in [-0.39, 0.29) is 15.0 Å². The average Bonchev–Trinajstić information content (AvgIpc) is 2.09. The number of unbranched alkanes of at least 4 members (excludes halogenated alkanes) is 3. The summed E-state index contributed by atoms with van der Waals surface area (Å²) in [6.45, 7) is 9.48. The molecule has 78 valence electrons. The molecule has 13 heavy (non-hydrogen) atoms. The molecule has 0 aromatic rings. The van der Waals surface area contributed by atoms with Crippen LogP contribution in [0.25, 0.3) is 0 Å². The molecule has 0 heterocycles. The third-order valence-electron chi connectivity index (χ3n) is 2.48. The summed E-state index contributed by atoms with van der Waals surface area (Å²) in [7, 11) is 0. The van der Waals surface area contributed by atoms with Crippen molar-refractivity contribution in [3.05, 3.63) is 0 Å². The fourth-order valence-corrected chi connectivity index (χ4v) is 4.14. The first-order valence-electron chi connectivity index (χ1n) is 5.80. The van der Waals surface area contributed by atoms with Crippen LogP contribution in [0.3, 0.4) is 0 Å². The van der Waals surface area contributed by atoms with Crippen molar-refractivity contribution in [3.8, 4) is 0 Å². The first-order valence-corrected chi connectivity index (χ1v) is 8.41. The van der Waals surface area contributed by atoms with Gasteiger partial charge >= 0.3 is 90.3 Å². The normalized spacial score (nSPS) is 12.6. The molecule has 0 aliphatic rings. The summed E-state index contributed by atoms with van der Waals surface area (Å²) in [5, 5.41) is 0. The van der Waals surface area contributed by atoms with Crippen LogP contribution in [0.4, 0.5) is 0 Å². The van der Waals surface area contributed by atoms with E-state index in [0.29, 0.717) is 4.25 Å². The standard InChI is InChI=1S/C12H26Ge/c1-5-7-8-9-10-12(3,4)13-11-6-2/h11,13H,5-10H2,1-4H3. The summed E-state index contributed by atoms with van der Waals surface area (Å²) in [5.74, 6) is 0. The Morgan fingerprint density at radius 2 is 1.77 bits per heavy atom. The summed E-state index contributed by atoms with van der Waals surface area (Å²) >= 11 is -0.0710. The van der Waals surface area contributed by atoms with Crippen LogP contribution in [0, 0.1) is 0 Å². The topological polar surface area (TPSA) is 0 Å². The number of hydrogen-bond donors (Lipinski definition) is 0. The molecule has 0 fully saturated rings. The van der Waals surface area contributed by atoms with Gasteiger partial charge < -0.3 is 0 Å². The van der Waals surface area contributed by atoms with Crippen LogP contribution in [0.2, 0.25) is 4.25 Å². The van der Waals surface area contributed by atoms with Gasteiger partial charge in [0.25, 0.3) is 0 Å². The molecule has 0 aliphatic heterocycles. The number of rotatable bonds is 7. The van der Waals surface area contributed by atoms with E-state index in [9.17, 15) is 0 Å². The van der Waals surface area contributed by atoms with Crippen molar-refractivity contribution < 1.29 is 0 Å². The Hall–Kier alpha value is 0.413. The van der Waals surface area contributed by atoms with Crippen LogP contribution in [0.15, 0.2) is 0 Å². The first kappa shape index (κ1) is 13.4. The molecule has 0 unspecified atom stereocenters. The van der Waals surface area contributed by atoms with Gasteiger partial charge in [0.1, 0.15) is 0 Å². The van der Waals surface area contributed by atoms with Gasteiger partial charge in [0.2, 0.25) is 0 Å². The summed E-state index contributed by atoms with van der Waals surface area (Å²) in [4.78, 5) is 2.57. The Labute approximate surface area is 90.5 Å². The fraction of sp³-hybridized carbons (Fsp3) is 0.917. The SMILES string of the molecule is CC[CH]=[GeH][C](C)(C)CCCCCC. The van der Waals surface area contributed by atoms with Gasteiger partial charge in [0, 0.05) is 0 Å². The third kappa shape index (κ3) is 8.74. The second-order valence-corrected chi connectivity index (χ2v) is 9.58. The third-order valence-corrected chi connectivity index (χ3v) is 6.46. The maximum atomic E-state index is 2.57. The zero-order valence-corrected chi connectivity index (χ0v) is 12.3. The molecule has 0 rings (SSSR count). The minimum atomic E-state index is -0.0710. The Kier molecular flexibility index (Phi) is 8.03. The van der Waals surface area contributed by atoms with Crippen LogP contribution < -0.4 is 0 Å². The van der Waals surface area contributed by atoms with E-state index >= 15 is 0 Å². The van der Waals surface area contributed by atoms with Gasteiger partial charge in [-0.2, -0.15) is 0 Å². The quantitative estimate of drug-likeness (QED) is 0.471. The summed E-state index contributed by atoms with van der Waals surface area (Å²) < 4.78 is 0.702. The van der Waals surface area contributed by atoms with Crippen molar-refractivity contribution in [2.75, 3.05) is 0 Å². The van der Waals surface area contributed by atoms with Gasteiger partial charge in [-0.3, -0.25) is 0 Å². The van der Waals surface area contributed by atoms with E-state index < -0.39 is 0 Å². The van der Waals surface area contributed by atoms with Gasteiger partial charge in [-0.15, -0.1) is 0 Å². The van der Waals surface area contributed by atoms with Crippen molar-refractivity contribution in [3.63, 3.8) is 0 Å². The molecule has 0 nitrogen and oxygen atoms in total. The maximum absolute atomic E-state index is 2.57. The molecule has 1 heteroatoms. The molecule has 0 aromatic heterocycles. The summed E-state index contributed by atoms with van der Waals surface area (Å²) in [6, 6.07) is 0. The minimum absolute atomic E-state index is 0.0710. The average molecular weight is 243 g/mol. The molecule has 0 radical (unpaired) electrons.